The molecule has 0 unspecified atom stereocenters. The smallest absolute Gasteiger partial charge is 0.276 e. The highest BCUT2D eigenvalue weighted by molar-refractivity contribution is 8.33. The van der Waals surface area contributed by atoms with Crippen molar-refractivity contribution in [2.24, 2.45) is 5.10 Å². The maximum atomic E-state index is 12.9. The molecule has 0 saturated heterocycles. The summed E-state index contributed by atoms with van der Waals surface area (Å²) in [5.74, 6) is 0.406. The van der Waals surface area contributed by atoms with Crippen molar-refractivity contribution in [3.8, 4) is 5.75 Å². The van der Waals surface area contributed by atoms with Gasteiger partial charge in [0.25, 0.3) is 4.38 Å². The number of methoxy groups -OCH3 is 1. The van der Waals surface area contributed by atoms with Gasteiger partial charge in [-0.1, -0.05) is 17.4 Å². The molecular weight excluding hydrogens is 472 g/mol. The Bertz CT molecular complexity index is 1460. The molecule has 2 heterocycles. The van der Waals surface area contributed by atoms with Gasteiger partial charge in [-0.25, -0.2) is 21.8 Å². The van der Waals surface area contributed by atoms with Crippen LogP contribution in [0.4, 0.5) is 10.8 Å². The quantitative estimate of drug-likeness (QED) is 0.518. The molecular formula is C20H22N4O5S3. The van der Waals surface area contributed by atoms with Crippen molar-refractivity contribution in [3.05, 3.63) is 35.9 Å². The first-order valence-corrected chi connectivity index (χ1v) is 13.6. The van der Waals surface area contributed by atoms with Gasteiger partial charge >= 0.3 is 0 Å². The summed E-state index contributed by atoms with van der Waals surface area (Å²) in [6.07, 6.45) is 0. The topological polar surface area (TPSA) is 118 Å². The molecule has 0 aliphatic carbocycles. The van der Waals surface area contributed by atoms with E-state index in [1.807, 2.05) is 13.8 Å². The number of nitrogens with one attached hydrogen (secondary N) is 1. The fourth-order valence-electron chi connectivity index (χ4n) is 3.48. The summed E-state index contributed by atoms with van der Waals surface area (Å²) in [6.45, 7) is 7.37. The zero-order chi connectivity index (χ0) is 23.3. The number of thiazole rings is 1. The van der Waals surface area contributed by atoms with Gasteiger partial charge < -0.3 is 9.64 Å². The third-order valence-electron chi connectivity index (χ3n) is 5.14. The molecule has 12 heteroatoms. The van der Waals surface area contributed by atoms with Gasteiger partial charge in [0, 0.05) is 13.1 Å². The molecule has 1 aliphatic rings. The number of aromatic nitrogens is 1. The van der Waals surface area contributed by atoms with E-state index in [2.05, 4.69) is 20.4 Å². The Balaban J connectivity index is 1.79. The van der Waals surface area contributed by atoms with Crippen LogP contribution in [0.2, 0.25) is 0 Å². The van der Waals surface area contributed by atoms with Gasteiger partial charge in [0.15, 0.2) is 10.9 Å². The summed E-state index contributed by atoms with van der Waals surface area (Å²) in [7, 11) is -7.08. The number of hydrazone groups is 1. The van der Waals surface area contributed by atoms with E-state index in [1.54, 1.807) is 25.1 Å². The zero-order valence-electron chi connectivity index (χ0n) is 17.9. The van der Waals surface area contributed by atoms with Crippen molar-refractivity contribution < 1.29 is 21.6 Å². The van der Waals surface area contributed by atoms with E-state index in [0.717, 1.165) is 28.4 Å². The molecule has 1 aliphatic heterocycles. The number of nitrogens with zero attached hydrogens (tertiary/aromatic N) is 3. The van der Waals surface area contributed by atoms with Crippen LogP contribution in [-0.2, 0) is 19.7 Å². The van der Waals surface area contributed by atoms with Crippen LogP contribution >= 0.6 is 11.3 Å². The lowest BCUT2D eigenvalue weighted by atomic mass is 10.2. The molecule has 1 N–H and O–H groups in total. The molecule has 9 nitrogen and oxygen atoms in total. The Kier molecular flexibility index (Phi) is 5.63. The van der Waals surface area contributed by atoms with Crippen LogP contribution in [-0.4, -0.2) is 46.4 Å². The lowest BCUT2D eigenvalue weighted by molar-refractivity contribution is 0.422. The number of aryl methyl sites for hydroxylation is 1. The SMILES string of the molecule is CCN(CC)c1nc2ccc(NN=C3S(=O)(=O)c4ccc(C)cc4S3(=O)=O)c(OC)c2s1. The largest absolute Gasteiger partial charge is 0.493 e. The third kappa shape index (κ3) is 3.42. The number of benzene rings is 2. The fourth-order valence-corrected chi connectivity index (χ4v) is 9.01. The zero-order valence-corrected chi connectivity index (χ0v) is 20.4. The van der Waals surface area contributed by atoms with Crippen LogP contribution in [0.25, 0.3) is 10.2 Å². The average molecular weight is 495 g/mol. The Labute approximate surface area is 190 Å². The first kappa shape index (κ1) is 22.5. The summed E-state index contributed by atoms with van der Waals surface area (Å²) in [6, 6.07) is 7.56. The molecule has 0 fully saturated rings. The van der Waals surface area contributed by atoms with Gasteiger partial charge in [-0.2, -0.15) is 0 Å². The number of sulfone groups is 2. The summed E-state index contributed by atoms with van der Waals surface area (Å²) in [5, 5.41) is 4.65. The molecule has 32 heavy (non-hydrogen) atoms. The Morgan fingerprint density at radius 2 is 1.75 bits per heavy atom. The van der Waals surface area contributed by atoms with Crippen LogP contribution in [0, 0.1) is 6.92 Å². The van der Waals surface area contributed by atoms with Crippen molar-refractivity contribution in [2.75, 3.05) is 30.5 Å². The second-order valence-corrected chi connectivity index (χ2v) is 12.0. The number of rotatable bonds is 6. The number of fused-ring (bicyclic) bond motifs is 2. The van der Waals surface area contributed by atoms with Crippen LogP contribution in [0.3, 0.4) is 0 Å². The summed E-state index contributed by atoms with van der Waals surface area (Å²) < 4.78 is 56.8. The predicted octanol–water partition coefficient (Wildman–Crippen LogP) is 3.40. The summed E-state index contributed by atoms with van der Waals surface area (Å²) >= 11 is 1.43. The first-order valence-electron chi connectivity index (χ1n) is 9.82. The van der Waals surface area contributed by atoms with Gasteiger partial charge in [0.1, 0.15) is 4.70 Å². The number of ether oxygens (including phenoxy) is 1. The molecule has 0 atom stereocenters. The van der Waals surface area contributed by atoms with Gasteiger partial charge in [0.05, 0.1) is 28.1 Å². The second-order valence-electron chi connectivity index (χ2n) is 7.11. The van der Waals surface area contributed by atoms with E-state index in [-0.39, 0.29) is 9.79 Å². The van der Waals surface area contributed by atoms with Crippen molar-refractivity contribution in [3.63, 3.8) is 0 Å². The molecule has 1 aromatic heterocycles. The van der Waals surface area contributed by atoms with E-state index >= 15 is 0 Å². The molecule has 0 bridgehead atoms. The fraction of sp³-hybridized carbons (Fsp3) is 0.300. The summed E-state index contributed by atoms with van der Waals surface area (Å²) in [4.78, 5) is 6.21. The number of hydrogen-bond acceptors (Lipinski definition) is 10. The standard InChI is InChI=1S/C20H22N4O5S3/c1-5-24(6-2)19-21-14-9-8-13(17(29-4)18(14)30-19)22-23-20-31(25,26)15-10-7-12(3)11-16(15)32(20,27)28/h7-11,22H,5-6H2,1-4H3. The molecule has 4 rings (SSSR count). The van der Waals surface area contributed by atoms with Gasteiger partial charge in [-0.05, 0) is 50.6 Å². The normalized spacial score (nSPS) is 17.4. The van der Waals surface area contributed by atoms with E-state index in [1.165, 1.54) is 30.6 Å². The lowest BCUT2D eigenvalue weighted by Gasteiger charge is -2.16. The first-order chi connectivity index (χ1) is 15.1. The average Bonchev–Trinajstić information content (AvgIpc) is 3.23. The van der Waals surface area contributed by atoms with E-state index < -0.39 is 24.1 Å². The maximum Gasteiger partial charge on any atom is 0.276 e. The van der Waals surface area contributed by atoms with Crippen LogP contribution in [0.1, 0.15) is 19.4 Å². The second kappa shape index (κ2) is 8.01. The van der Waals surface area contributed by atoms with Gasteiger partial charge in [-0.15, -0.1) is 5.10 Å². The lowest BCUT2D eigenvalue weighted by Crippen LogP contribution is -2.21. The molecule has 3 aromatic rings. The number of anilines is 2. The molecule has 0 amide bonds. The van der Waals surface area contributed by atoms with Gasteiger partial charge in [-0.3, -0.25) is 5.43 Å². The molecule has 0 spiro atoms. The monoisotopic (exact) mass is 494 g/mol. The highest BCUT2D eigenvalue weighted by Crippen LogP contribution is 2.41. The number of hydrogen-bond donors (Lipinski definition) is 1. The Morgan fingerprint density at radius 1 is 1.06 bits per heavy atom. The minimum Gasteiger partial charge on any atom is -0.493 e. The van der Waals surface area contributed by atoms with Crippen molar-refractivity contribution in [1.82, 2.24) is 4.98 Å². The molecule has 0 radical (unpaired) electrons. The minimum atomic E-state index is -4.28. The van der Waals surface area contributed by atoms with Crippen molar-refractivity contribution in [1.29, 1.82) is 0 Å². The van der Waals surface area contributed by atoms with E-state index in [0.29, 0.717) is 17.0 Å². The maximum absolute atomic E-state index is 12.9. The Morgan fingerprint density at radius 3 is 2.41 bits per heavy atom. The molecule has 170 valence electrons. The Hall–Kier alpha value is -2.70. The van der Waals surface area contributed by atoms with Gasteiger partial charge in [0.2, 0.25) is 19.7 Å². The minimum absolute atomic E-state index is 0.258. The predicted molar refractivity (Wildman–Crippen MR) is 126 cm³/mol. The van der Waals surface area contributed by atoms with Crippen molar-refractivity contribution in [2.45, 2.75) is 30.6 Å². The van der Waals surface area contributed by atoms with E-state index in [4.69, 9.17) is 4.74 Å². The molecule has 0 saturated carbocycles. The van der Waals surface area contributed by atoms with Crippen molar-refractivity contribution >= 4 is 56.4 Å². The highest BCUT2D eigenvalue weighted by Gasteiger charge is 2.47. The summed E-state index contributed by atoms with van der Waals surface area (Å²) in [5.41, 5.74) is 4.28. The van der Waals surface area contributed by atoms with E-state index in [9.17, 15) is 16.8 Å². The van der Waals surface area contributed by atoms with Crippen LogP contribution in [0.15, 0.2) is 45.2 Å². The van der Waals surface area contributed by atoms with Crippen LogP contribution < -0.4 is 15.1 Å². The van der Waals surface area contributed by atoms with Crippen LogP contribution in [0.5, 0.6) is 5.75 Å². The third-order valence-corrected chi connectivity index (χ3v) is 10.7. The molecule has 2 aromatic carbocycles. The highest BCUT2D eigenvalue weighted by atomic mass is 32.3.